The Morgan fingerprint density at radius 2 is 2.24 bits per heavy atom. The maximum absolute atomic E-state index is 5.87. The van der Waals surface area contributed by atoms with Crippen molar-refractivity contribution in [1.29, 1.82) is 0 Å². The van der Waals surface area contributed by atoms with E-state index in [4.69, 9.17) is 10.5 Å². The highest BCUT2D eigenvalue weighted by molar-refractivity contribution is 5.39. The molecular formula is C15H21NO. The van der Waals surface area contributed by atoms with Gasteiger partial charge in [-0.1, -0.05) is 24.8 Å². The topological polar surface area (TPSA) is 35.2 Å². The molecule has 0 saturated heterocycles. The lowest BCUT2D eigenvalue weighted by Gasteiger charge is -2.13. The van der Waals surface area contributed by atoms with Crippen LogP contribution in [0.3, 0.4) is 0 Å². The Morgan fingerprint density at radius 3 is 2.76 bits per heavy atom. The normalized spacial score (nSPS) is 11.9. The lowest BCUT2D eigenvalue weighted by Crippen LogP contribution is -2.07. The third kappa shape index (κ3) is 4.08. The van der Waals surface area contributed by atoms with Crippen molar-refractivity contribution in [2.45, 2.75) is 26.3 Å². The van der Waals surface area contributed by atoms with Gasteiger partial charge < -0.3 is 10.5 Å². The van der Waals surface area contributed by atoms with Crippen LogP contribution < -0.4 is 10.5 Å². The quantitative estimate of drug-likeness (QED) is 0.762. The summed E-state index contributed by atoms with van der Waals surface area (Å²) in [5.41, 5.74) is 9.11. The number of nitrogens with two attached hydrogens (primary N) is 1. The van der Waals surface area contributed by atoms with E-state index in [0.717, 1.165) is 28.9 Å². The van der Waals surface area contributed by atoms with Crippen LogP contribution in [-0.4, -0.2) is 6.61 Å². The highest BCUT2D eigenvalue weighted by Gasteiger charge is 2.06. The molecule has 0 heterocycles. The summed E-state index contributed by atoms with van der Waals surface area (Å²) in [7, 11) is 0. The van der Waals surface area contributed by atoms with E-state index >= 15 is 0 Å². The van der Waals surface area contributed by atoms with Crippen LogP contribution in [0.1, 0.15) is 31.0 Å². The van der Waals surface area contributed by atoms with Crippen LogP contribution in [0.2, 0.25) is 0 Å². The first kappa shape index (κ1) is 13.5. The smallest absolute Gasteiger partial charge is 0.123 e. The molecule has 0 radical (unpaired) electrons. The van der Waals surface area contributed by atoms with Crippen molar-refractivity contribution in [3.05, 3.63) is 54.1 Å². The molecule has 0 bridgehead atoms. The van der Waals surface area contributed by atoms with Crippen molar-refractivity contribution in [2.24, 2.45) is 5.73 Å². The summed E-state index contributed by atoms with van der Waals surface area (Å²) in [5.74, 6) is 0.886. The molecule has 1 unspecified atom stereocenters. The van der Waals surface area contributed by atoms with Crippen LogP contribution in [0.15, 0.2) is 43.0 Å². The summed E-state index contributed by atoms with van der Waals surface area (Å²) in [6.45, 7) is 12.1. The molecular weight excluding hydrogens is 210 g/mol. The minimum absolute atomic E-state index is 0.0359. The highest BCUT2D eigenvalue weighted by atomic mass is 16.5. The Balaban J connectivity index is 2.95. The van der Waals surface area contributed by atoms with E-state index < -0.39 is 0 Å². The lowest BCUT2D eigenvalue weighted by molar-refractivity contribution is 0.349. The average Bonchev–Trinajstić information content (AvgIpc) is 2.27. The van der Waals surface area contributed by atoms with Gasteiger partial charge in [-0.05, 0) is 43.0 Å². The number of ether oxygens (including phenoxy) is 1. The molecule has 2 heteroatoms. The molecule has 92 valence electrons. The minimum atomic E-state index is 0.0359. The van der Waals surface area contributed by atoms with E-state index in [-0.39, 0.29) is 6.04 Å². The molecule has 17 heavy (non-hydrogen) atoms. The summed E-state index contributed by atoms with van der Waals surface area (Å²) in [4.78, 5) is 0. The zero-order valence-electron chi connectivity index (χ0n) is 10.7. The van der Waals surface area contributed by atoms with Gasteiger partial charge in [-0.3, -0.25) is 0 Å². The zero-order valence-corrected chi connectivity index (χ0v) is 10.7. The van der Waals surface area contributed by atoms with E-state index in [0.29, 0.717) is 6.61 Å². The van der Waals surface area contributed by atoms with Gasteiger partial charge in [-0.2, -0.15) is 0 Å². The maximum Gasteiger partial charge on any atom is 0.123 e. The summed E-state index contributed by atoms with van der Waals surface area (Å²) in [5, 5.41) is 0. The summed E-state index contributed by atoms with van der Waals surface area (Å²) in [6, 6.07) is 6.10. The maximum atomic E-state index is 5.87. The molecule has 0 saturated carbocycles. The summed E-state index contributed by atoms with van der Waals surface area (Å²) in [6.07, 6.45) is 2.65. The van der Waals surface area contributed by atoms with E-state index in [1.807, 2.05) is 32.1 Å². The highest BCUT2D eigenvalue weighted by Crippen LogP contribution is 2.24. The molecule has 2 nitrogen and oxygen atoms in total. The fourth-order valence-corrected chi connectivity index (χ4v) is 1.54. The first-order chi connectivity index (χ1) is 8.04. The van der Waals surface area contributed by atoms with Gasteiger partial charge in [0.15, 0.2) is 0 Å². The second-order valence-corrected chi connectivity index (χ2v) is 4.39. The van der Waals surface area contributed by atoms with Crippen molar-refractivity contribution in [2.75, 3.05) is 6.61 Å². The first-order valence-corrected chi connectivity index (χ1v) is 5.81. The van der Waals surface area contributed by atoms with Crippen LogP contribution >= 0.6 is 0 Å². The molecule has 0 aliphatic carbocycles. The summed E-state index contributed by atoms with van der Waals surface area (Å²) < 4.78 is 5.70. The second-order valence-electron chi connectivity index (χ2n) is 4.39. The Kier molecular flexibility index (Phi) is 4.98. The van der Waals surface area contributed by atoms with E-state index in [9.17, 15) is 0 Å². The third-order valence-corrected chi connectivity index (χ3v) is 2.45. The molecule has 0 spiro atoms. The number of benzene rings is 1. The molecule has 0 amide bonds. The number of allylic oxidation sites excluding steroid dienone is 1. The molecule has 1 aromatic rings. The molecule has 0 aliphatic heterocycles. The standard InChI is InChI=1S/C15H21NO/c1-5-6-14-9-13(12(4)16)7-8-15(14)17-10-11(2)3/h5,7-9,12H,1-2,6,10,16H2,3-4H3. The number of hydrogen-bond donors (Lipinski definition) is 1. The number of hydrogen-bond acceptors (Lipinski definition) is 2. The second kappa shape index (κ2) is 6.26. The predicted molar refractivity (Wildman–Crippen MR) is 73.3 cm³/mol. The van der Waals surface area contributed by atoms with E-state index in [1.165, 1.54) is 0 Å². The van der Waals surface area contributed by atoms with Gasteiger partial charge >= 0.3 is 0 Å². The monoisotopic (exact) mass is 231 g/mol. The van der Waals surface area contributed by atoms with Crippen LogP contribution in [0, 0.1) is 0 Å². The minimum Gasteiger partial charge on any atom is -0.489 e. The Hall–Kier alpha value is -1.54. The molecule has 0 aliphatic rings. The van der Waals surface area contributed by atoms with Gasteiger partial charge in [0.05, 0.1) is 0 Å². The van der Waals surface area contributed by atoms with Crippen LogP contribution in [0.5, 0.6) is 5.75 Å². The largest absolute Gasteiger partial charge is 0.489 e. The van der Waals surface area contributed by atoms with E-state index in [2.05, 4.69) is 19.2 Å². The first-order valence-electron chi connectivity index (χ1n) is 5.81. The van der Waals surface area contributed by atoms with Crippen LogP contribution in [0.4, 0.5) is 0 Å². The molecule has 1 atom stereocenters. The SMILES string of the molecule is C=CCc1cc(C(C)N)ccc1OCC(=C)C. The fraction of sp³-hybridized carbons (Fsp3) is 0.333. The van der Waals surface area contributed by atoms with Gasteiger partial charge in [-0.15, -0.1) is 6.58 Å². The van der Waals surface area contributed by atoms with E-state index in [1.54, 1.807) is 0 Å². The Bertz CT molecular complexity index is 407. The van der Waals surface area contributed by atoms with Crippen molar-refractivity contribution < 1.29 is 4.74 Å². The van der Waals surface area contributed by atoms with Gasteiger partial charge in [0.2, 0.25) is 0 Å². The Morgan fingerprint density at radius 1 is 1.53 bits per heavy atom. The molecule has 2 N–H and O–H groups in total. The van der Waals surface area contributed by atoms with Crippen molar-refractivity contribution in [3.63, 3.8) is 0 Å². The predicted octanol–water partition coefficient (Wildman–Crippen LogP) is 3.39. The van der Waals surface area contributed by atoms with Gasteiger partial charge in [0.1, 0.15) is 12.4 Å². The fourth-order valence-electron chi connectivity index (χ4n) is 1.54. The van der Waals surface area contributed by atoms with Crippen molar-refractivity contribution in [1.82, 2.24) is 0 Å². The van der Waals surface area contributed by atoms with Crippen molar-refractivity contribution >= 4 is 0 Å². The molecule has 0 aromatic heterocycles. The van der Waals surface area contributed by atoms with Crippen molar-refractivity contribution in [3.8, 4) is 5.75 Å². The molecule has 1 aromatic carbocycles. The van der Waals surface area contributed by atoms with Crippen LogP contribution in [-0.2, 0) is 6.42 Å². The molecule has 1 rings (SSSR count). The summed E-state index contributed by atoms with van der Waals surface area (Å²) >= 11 is 0. The third-order valence-electron chi connectivity index (χ3n) is 2.45. The zero-order chi connectivity index (χ0) is 12.8. The van der Waals surface area contributed by atoms with Gasteiger partial charge in [0, 0.05) is 6.04 Å². The van der Waals surface area contributed by atoms with Gasteiger partial charge in [-0.25, -0.2) is 0 Å². The van der Waals surface area contributed by atoms with Crippen LogP contribution in [0.25, 0.3) is 0 Å². The average molecular weight is 231 g/mol. The lowest BCUT2D eigenvalue weighted by atomic mass is 10.0. The number of rotatable bonds is 6. The Labute approximate surface area is 104 Å². The molecule has 0 fully saturated rings. The van der Waals surface area contributed by atoms with Gasteiger partial charge in [0.25, 0.3) is 0 Å².